The smallest absolute Gasteiger partial charge is 0.271 e. The van der Waals surface area contributed by atoms with Gasteiger partial charge in [0.05, 0.1) is 10.7 Å². The predicted octanol–water partition coefficient (Wildman–Crippen LogP) is 4.16. The standard InChI is InChI=1S/C21H23N5O4S/c1-14(2)15-7-9-18(10-8-15)30-12-19-23-24-21(25(19)3)31-13-20(27)22-16-5-4-6-17(11-16)26(28)29/h4-11,14H,12-13H2,1-3H3,(H,22,27). The normalized spacial score (nSPS) is 10.8. The van der Waals surface area contributed by atoms with Crippen LogP contribution in [0.1, 0.15) is 31.2 Å². The minimum absolute atomic E-state index is 0.0813. The Labute approximate surface area is 184 Å². The Kier molecular flexibility index (Phi) is 7.24. The van der Waals surface area contributed by atoms with Gasteiger partial charge < -0.3 is 14.6 Å². The minimum atomic E-state index is -0.508. The van der Waals surface area contributed by atoms with Crippen LogP contribution in [-0.2, 0) is 18.4 Å². The van der Waals surface area contributed by atoms with E-state index in [1.165, 1.54) is 35.5 Å². The van der Waals surface area contributed by atoms with E-state index in [4.69, 9.17) is 4.74 Å². The molecular weight excluding hydrogens is 418 g/mol. The van der Waals surface area contributed by atoms with Crippen molar-refractivity contribution in [3.63, 3.8) is 0 Å². The largest absolute Gasteiger partial charge is 0.486 e. The average Bonchev–Trinajstić information content (AvgIpc) is 3.10. The second-order valence-electron chi connectivity index (χ2n) is 7.11. The molecule has 0 atom stereocenters. The molecule has 3 aromatic rings. The number of thioether (sulfide) groups is 1. The number of hydrogen-bond donors (Lipinski definition) is 1. The van der Waals surface area contributed by atoms with Crippen LogP contribution in [0.5, 0.6) is 5.75 Å². The summed E-state index contributed by atoms with van der Waals surface area (Å²) >= 11 is 1.22. The lowest BCUT2D eigenvalue weighted by molar-refractivity contribution is -0.384. The fourth-order valence-corrected chi connectivity index (χ4v) is 3.45. The molecule has 2 aromatic carbocycles. The van der Waals surface area contributed by atoms with Gasteiger partial charge in [-0.05, 0) is 29.7 Å². The first-order valence-electron chi connectivity index (χ1n) is 9.61. The molecule has 0 fully saturated rings. The third-order valence-corrected chi connectivity index (χ3v) is 5.53. The number of aromatic nitrogens is 3. The Morgan fingerprint density at radius 3 is 2.65 bits per heavy atom. The van der Waals surface area contributed by atoms with Crippen molar-refractivity contribution in [3.8, 4) is 5.75 Å². The molecule has 0 unspecified atom stereocenters. The molecule has 1 aromatic heterocycles. The predicted molar refractivity (Wildman–Crippen MR) is 118 cm³/mol. The first-order chi connectivity index (χ1) is 14.8. The van der Waals surface area contributed by atoms with Crippen molar-refractivity contribution in [3.05, 3.63) is 70.0 Å². The SMILES string of the molecule is CC(C)c1ccc(OCc2nnc(SCC(=O)Nc3cccc([N+](=O)[O-])c3)n2C)cc1. The molecule has 0 radical (unpaired) electrons. The average molecular weight is 442 g/mol. The molecule has 0 aliphatic heterocycles. The molecule has 0 saturated carbocycles. The van der Waals surface area contributed by atoms with E-state index >= 15 is 0 Å². The Hall–Kier alpha value is -3.40. The molecule has 10 heteroatoms. The summed E-state index contributed by atoms with van der Waals surface area (Å²) in [5.41, 5.74) is 1.53. The molecule has 3 rings (SSSR count). The fourth-order valence-electron chi connectivity index (χ4n) is 2.72. The van der Waals surface area contributed by atoms with Crippen LogP contribution >= 0.6 is 11.8 Å². The van der Waals surface area contributed by atoms with Gasteiger partial charge in [0.25, 0.3) is 5.69 Å². The van der Waals surface area contributed by atoms with E-state index in [0.717, 1.165) is 5.75 Å². The third-order valence-electron chi connectivity index (χ3n) is 4.51. The van der Waals surface area contributed by atoms with Crippen molar-refractivity contribution in [2.24, 2.45) is 7.05 Å². The van der Waals surface area contributed by atoms with Gasteiger partial charge in [0, 0.05) is 24.9 Å². The van der Waals surface area contributed by atoms with Crippen LogP contribution in [0, 0.1) is 10.1 Å². The number of carbonyl (C=O) groups excluding carboxylic acids is 1. The lowest BCUT2D eigenvalue weighted by Gasteiger charge is -2.09. The number of non-ortho nitro benzene ring substituents is 1. The number of nitrogens with one attached hydrogen (secondary N) is 1. The first-order valence-corrected chi connectivity index (χ1v) is 10.6. The summed E-state index contributed by atoms with van der Waals surface area (Å²) in [5, 5.41) is 22.3. The quantitative estimate of drug-likeness (QED) is 0.301. The number of benzene rings is 2. The molecule has 0 bridgehead atoms. The zero-order chi connectivity index (χ0) is 22.4. The van der Waals surface area contributed by atoms with E-state index in [1.54, 1.807) is 17.7 Å². The molecule has 31 heavy (non-hydrogen) atoms. The molecule has 1 heterocycles. The van der Waals surface area contributed by atoms with Gasteiger partial charge in [-0.1, -0.05) is 43.8 Å². The lowest BCUT2D eigenvalue weighted by Crippen LogP contribution is -2.14. The summed E-state index contributed by atoms with van der Waals surface area (Å²) in [4.78, 5) is 22.5. The van der Waals surface area contributed by atoms with Crippen LogP contribution < -0.4 is 10.1 Å². The van der Waals surface area contributed by atoms with Crippen LogP contribution in [0.3, 0.4) is 0 Å². The number of nitro groups is 1. The van der Waals surface area contributed by atoms with Crippen LogP contribution in [0.15, 0.2) is 53.7 Å². The van der Waals surface area contributed by atoms with Gasteiger partial charge in [0.2, 0.25) is 5.91 Å². The highest BCUT2D eigenvalue weighted by Gasteiger charge is 2.13. The van der Waals surface area contributed by atoms with Crippen LogP contribution in [0.4, 0.5) is 11.4 Å². The van der Waals surface area contributed by atoms with Crippen LogP contribution in [0.2, 0.25) is 0 Å². The second kappa shape index (κ2) is 10.1. The van der Waals surface area contributed by atoms with Gasteiger partial charge in [-0.3, -0.25) is 14.9 Å². The van der Waals surface area contributed by atoms with Gasteiger partial charge in [-0.2, -0.15) is 0 Å². The summed E-state index contributed by atoms with van der Waals surface area (Å²) in [5.74, 6) is 1.64. The summed E-state index contributed by atoms with van der Waals surface area (Å²) in [6.07, 6.45) is 0. The molecule has 0 spiro atoms. The number of ether oxygens (including phenoxy) is 1. The molecular formula is C21H23N5O4S. The van der Waals surface area contributed by atoms with Gasteiger partial charge in [-0.15, -0.1) is 10.2 Å². The number of anilines is 1. The Balaban J connectivity index is 1.52. The Bertz CT molecular complexity index is 1070. The number of rotatable bonds is 9. The molecule has 0 aliphatic rings. The molecule has 162 valence electrons. The number of nitrogens with zero attached hydrogens (tertiary/aromatic N) is 4. The molecule has 0 aliphatic carbocycles. The first kappa shape index (κ1) is 22.3. The van der Waals surface area contributed by atoms with Crippen molar-refractivity contribution in [2.45, 2.75) is 31.5 Å². The van der Waals surface area contributed by atoms with Crippen LogP contribution in [0.25, 0.3) is 0 Å². The molecule has 0 saturated heterocycles. The summed E-state index contributed by atoms with van der Waals surface area (Å²) in [6, 6.07) is 13.7. The molecule has 9 nitrogen and oxygen atoms in total. The van der Waals surface area contributed by atoms with E-state index in [-0.39, 0.29) is 24.0 Å². The number of hydrogen-bond acceptors (Lipinski definition) is 7. The van der Waals surface area contributed by atoms with Gasteiger partial charge in [-0.25, -0.2) is 0 Å². The van der Waals surface area contributed by atoms with Crippen LogP contribution in [-0.4, -0.2) is 31.3 Å². The number of nitro benzene ring substituents is 1. The number of amides is 1. The molecule has 1 amide bonds. The van der Waals surface area contributed by atoms with E-state index < -0.39 is 4.92 Å². The third kappa shape index (κ3) is 6.05. The van der Waals surface area contributed by atoms with E-state index in [1.807, 2.05) is 24.3 Å². The highest BCUT2D eigenvalue weighted by molar-refractivity contribution is 7.99. The maximum atomic E-state index is 12.2. The highest BCUT2D eigenvalue weighted by Crippen LogP contribution is 2.21. The zero-order valence-corrected chi connectivity index (χ0v) is 18.3. The highest BCUT2D eigenvalue weighted by atomic mass is 32.2. The van der Waals surface area contributed by atoms with Crippen molar-refractivity contribution in [1.29, 1.82) is 0 Å². The van der Waals surface area contributed by atoms with E-state index in [2.05, 4.69) is 29.4 Å². The lowest BCUT2D eigenvalue weighted by atomic mass is 10.0. The number of carbonyl (C=O) groups is 1. The maximum Gasteiger partial charge on any atom is 0.271 e. The second-order valence-corrected chi connectivity index (χ2v) is 8.06. The van der Waals surface area contributed by atoms with E-state index in [0.29, 0.717) is 22.6 Å². The van der Waals surface area contributed by atoms with Crippen molar-refractivity contribution < 1.29 is 14.5 Å². The maximum absolute atomic E-state index is 12.2. The monoisotopic (exact) mass is 441 g/mol. The van der Waals surface area contributed by atoms with Crippen molar-refractivity contribution >= 4 is 29.0 Å². The van der Waals surface area contributed by atoms with Gasteiger partial charge >= 0.3 is 0 Å². The van der Waals surface area contributed by atoms with Crippen molar-refractivity contribution in [1.82, 2.24) is 14.8 Å². The fraction of sp³-hybridized carbons (Fsp3) is 0.286. The topological polar surface area (TPSA) is 112 Å². The summed E-state index contributed by atoms with van der Waals surface area (Å²) in [7, 11) is 1.81. The van der Waals surface area contributed by atoms with Gasteiger partial charge in [0.1, 0.15) is 12.4 Å². The van der Waals surface area contributed by atoms with E-state index in [9.17, 15) is 14.9 Å². The summed E-state index contributed by atoms with van der Waals surface area (Å²) < 4.78 is 7.56. The van der Waals surface area contributed by atoms with Crippen molar-refractivity contribution in [2.75, 3.05) is 11.1 Å². The Morgan fingerprint density at radius 2 is 1.97 bits per heavy atom. The van der Waals surface area contributed by atoms with Gasteiger partial charge in [0.15, 0.2) is 11.0 Å². The summed E-state index contributed by atoms with van der Waals surface area (Å²) in [6.45, 7) is 4.53. The minimum Gasteiger partial charge on any atom is -0.486 e. The molecule has 1 N–H and O–H groups in total. The zero-order valence-electron chi connectivity index (χ0n) is 17.4. The Morgan fingerprint density at radius 1 is 1.23 bits per heavy atom.